The first kappa shape index (κ1) is 11.8. The van der Waals surface area contributed by atoms with Gasteiger partial charge in [0.05, 0.1) is 6.42 Å². The number of nitrogens with zero attached hydrogens (tertiary/aromatic N) is 1. The first-order chi connectivity index (χ1) is 7.04. The molecule has 0 aromatic carbocycles. The molecule has 0 atom stereocenters. The summed E-state index contributed by atoms with van der Waals surface area (Å²) in [4.78, 5) is 23.8. The minimum absolute atomic E-state index is 0.0403. The van der Waals surface area contributed by atoms with E-state index in [1.165, 1.54) is 0 Å². The van der Waals surface area contributed by atoms with E-state index >= 15 is 0 Å². The number of carbonyl (C=O) groups excluding carboxylic acids is 1. The fraction of sp³-hybridized carbons (Fsp3) is 0.636. The van der Waals surface area contributed by atoms with Crippen LogP contribution in [-0.4, -0.2) is 35.0 Å². The fourth-order valence-corrected chi connectivity index (χ4v) is 1.75. The standard InChI is InChI=1S/C11H17NO3/c1-3-4-8(2)11(15)12-6-9(7-12)5-10(13)14/h4,9H,3,5-7H2,1-2H3,(H,13,14). The highest BCUT2D eigenvalue weighted by Gasteiger charge is 2.32. The number of rotatable bonds is 4. The van der Waals surface area contributed by atoms with Gasteiger partial charge in [-0.2, -0.15) is 0 Å². The van der Waals surface area contributed by atoms with E-state index in [0.29, 0.717) is 13.1 Å². The molecule has 1 heterocycles. The number of carboxylic acids is 1. The van der Waals surface area contributed by atoms with Gasteiger partial charge in [0.1, 0.15) is 0 Å². The van der Waals surface area contributed by atoms with E-state index in [0.717, 1.165) is 12.0 Å². The van der Waals surface area contributed by atoms with Gasteiger partial charge in [0.2, 0.25) is 5.91 Å². The summed E-state index contributed by atoms with van der Waals surface area (Å²) in [5, 5.41) is 8.55. The van der Waals surface area contributed by atoms with E-state index in [-0.39, 0.29) is 18.2 Å². The van der Waals surface area contributed by atoms with Crippen molar-refractivity contribution in [2.45, 2.75) is 26.7 Å². The molecule has 4 heteroatoms. The van der Waals surface area contributed by atoms with E-state index in [9.17, 15) is 9.59 Å². The Kier molecular flexibility index (Phi) is 3.88. The highest BCUT2D eigenvalue weighted by molar-refractivity contribution is 5.93. The molecule has 4 nitrogen and oxygen atoms in total. The van der Waals surface area contributed by atoms with E-state index in [2.05, 4.69) is 0 Å². The summed E-state index contributed by atoms with van der Waals surface area (Å²) in [6.45, 7) is 4.95. The van der Waals surface area contributed by atoms with Crippen LogP contribution in [0.15, 0.2) is 11.6 Å². The number of amides is 1. The molecule has 84 valence electrons. The number of allylic oxidation sites excluding steroid dienone is 1. The van der Waals surface area contributed by atoms with Crippen molar-refractivity contribution in [1.29, 1.82) is 0 Å². The summed E-state index contributed by atoms with van der Waals surface area (Å²) in [5.41, 5.74) is 0.756. The molecule has 0 spiro atoms. The molecule has 1 saturated heterocycles. The van der Waals surface area contributed by atoms with Crippen LogP contribution in [0.3, 0.4) is 0 Å². The van der Waals surface area contributed by atoms with Crippen molar-refractivity contribution in [1.82, 2.24) is 4.90 Å². The molecule has 0 radical (unpaired) electrons. The van der Waals surface area contributed by atoms with Crippen LogP contribution in [0, 0.1) is 5.92 Å². The number of aliphatic carboxylic acids is 1. The third-order valence-corrected chi connectivity index (χ3v) is 2.56. The summed E-state index contributed by atoms with van der Waals surface area (Å²) in [5.74, 6) is -0.604. The first-order valence-electron chi connectivity index (χ1n) is 5.22. The topological polar surface area (TPSA) is 57.6 Å². The van der Waals surface area contributed by atoms with Gasteiger partial charge in [-0.05, 0) is 13.3 Å². The summed E-state index contributed by atoms with van der Waals surface area (Å²) < 4.78 is 0. The summed E-state index contributed by atoms with van der Waals surface area (Å²) in [6.07, 6.45) is 2.91. The minimum atomic E-state index is -0.784. The van der Waals surface area contributed by atoms with Crippen LogP contribution in [-0.2, 0) is 9.59 Å². The van der Waals surface area contributed by atoms with Gasteiger partial charge in [0.15, 0.2) is 0 Å². The van der Waals surface area contributed by atoms with Crippen LogP contribution in [0.2, 0.25) is 0 Å². The van der Waals surface area contributed by atoms with Gasteiger partial charge >= 0.3 is 5.97 Å². The zero-order valence-corrected chi connectivity index (χ0v) is 9.19. The molecule has 1 aliphatic rings. The van der Waals surface area contributed by atoms with E-state index in [1.807, 2.05) is 13.0 Å². The van der Waals surface area contributed by atoms with Crippen LogP contribution in [0.25, 0.3) is 0 Å². The largest absolute Gasteiger partial charge is 0.481 e. The smallest absolute Gasteiger partial charge is 0.303 e. The van der Waals surface area contributed by atoms with Gasteiger partial charge in [-0.25, -0.2) is 0 Å². The Morgan fingerprint density at radius 2 is 2.07 bits per heavy atom. The predicted molar refractivity (Wildman–Crippen MR) is 56.4 cm³/mol. The maximum atomic E-state index is 11.7. The highest BCUT2D eigenvalue weighted by atomic mass is 16.4. The molecule has 1 fully saturated rings. The number of carbonyl (C=O) groups is 2. The molecule has 1 N–H and O–H groups in total. The molecule has 0 aliphatic carbocycles. The van der Waals surface area contributed by atoms with Crippen molar-refractivity contribution in [2.24, 2.45) is 5.92 Å². The maximum absolute atomic E-state index is 11.7. The lowest BCUT2D eigenvalue weighted by atomic mass is 9.95. The average Bonchev–Trinajstić information content (AvgIpc) is 2.09. The van der Waals surface area contributed by atoms with Crippen LogP contribution in [0.4, 0.5) is 0 Å². The maximum Gasteiger partial charge on any atom is 0.303 e. The van der Waals surface area contributed by atoms with Gasteiger partial charge in [-0.1, -0.05) is 13.0 Å². The second kappa shape index (κ2) is 4.96. The molecule has 0 aromatic rings. The van der Waals surface area contributed by atoms with E-state index in [1.54, 1.807) is 11.8 Å². The van der Waals surface area contributed by atoms with E-state index < -0.39 is 5.97 Å². The Bertz CT molecular complexity index is 290. The molecule has 0 bridgehead atoms. The predicted octanol–water partition coefficient (Wildman–Crippen LogP) is 1.28. The Morgan fingerprint density at radius 1 is 1.47 bits per heavy atom. The lowest BCUT2D eigenvalue weighted by Crippen LogP contribution is -2.50. The second-order valence-corrected chi connectivity index (χ2v) is 3.97. The van der Waals surface area contributed by atoms with Gasteiger partial charge in [0.25, 0.3) is 0 Å². The quantitative estimate of drug-likeness (QED) is 0.712. The minimum Gasteiger partial charge on any atom is -0.481 e. The van der Waals surface area contributed by atoms with Gasteiger partial charge in [0, 0.05) is 24.6 Å². The van der Waals surface area contributed by atoms with Crippen molar-refractivity contribution in [3.8, 4) is 0 Å². The molecule has 0 saturated carbocycles. The lowest BCUT2D eigenvalue weighted by Gasteiger charge is -2.38. The van der Waals surface area contributed by atoms with Gasteiger partial charge in [-0.3, -0.25) is 9.59 Å². The van der Waals surface area contributed by atoms with Gasteiger partial charge in [-0.15, -0.1) is 0 Å². The Labute approximate surface area is 89.6 Å². The van der Waals surface area contributed by atoms with Crippen LogP contribution < -0.4 is 0 Å². The molecule has 15 heavy (non-hydrogen) atoms. The number of likely N-dealkylation sites (tertiary alicyclic amines) is 1. The summed E-state index contributed by atoms with van der Waals surface area (Å²) in [7, 11) is 0. The van der Waals surface area contributed by atoms with Crippen molar-refractivity contribution >= 4 is 11.9 Å². The lowest BCUT2D eigenvalue weighted by molar-refractivity contribution is -0.143. The number of carboxylic acid groups (broad SMARTS) is 1. The van der Waals surface area contributed by atoms with Crippen LogP contribution in [0.1, 0.15) is 26.7 Å². The van der Waals surface area contributed by atoms with Crippen molar-refractivity contribution < 1.29 is 14.7 Å². The Hall–Kier alpha value is -1.32. The third-order valence-electron chi connectivity index (χ3n) is 2.56. The Balaban J connectivity index is 2.35. The van der Waals surface area contributed by atoms with E-state index in [4.69, 9.17) is 5.11 Å². The number of hydrogen-bond donors (Lipinski definition) is 1. The normalized spacial score (nSPS) is 17.5. The third kappa shape index (κ3) is 3.08. The fourth-order valence-electron chi connectivity index (χ4n) is 1.75. The summed E-state index contributed by atoms with van der Waals surface area (Å²) in [6, 6.07) is 0. The molecule has 1 amide bonds. The number of hydrogen-bond acceptors (Lipinski definition) is 2. The first-order valence-corrected chi connectivity index (χ1v) is 5.22. The van der Waals surface area contributed by atoms with Crippen molar-refractivity contribution in [3.05, 3.63) is 11.6 Å². The van der Waals surface area contributed by atoms with Crippen molar-refractivity contribution in [3.63, 3.8) is 0 Å². The second-order valence-electron chi connectivity index (χ2n) is 3.97. The van der Waals surface area contributed by atoms with Crippen molar-refractivity contribution in [2.75, 3.05) is 13.1 Å². The van der Waals surface area contributed by atoms with Crippen LogP contribution >= 0.6 is 0 Å². The SMILES string of the molecule is CCC=C(C)C(=O)N1CC(CC(=O)O)C1. The monoisotopic (exact) mass is 211 g/mol. The van der Waals surface area contributed by atoms with Gasteiger partial charge < -0.3 is 10.0 Å². The molecule has 0 unspecified atom stereocenters. The zero-order valence-electron chi connectivity index (χ0n) is 9.19. The molecular weight excluding hydrogens is 194 g/mol. The van der Waals surface area contributed by atoms with Crippen LogP contribution in [0.5, 0.6) is 0 Å². The summed E-state index contributed by atoms with van der Waals surface area (Å²) >= 11 is 0. The molecule has 1 aliphatic heterocycles. The zero-order chi connectivity index (χ0) is 11.4. The average molecular weight is 211 g/mol. The molecular formula is C11H17NO3. The Morgan fingerprint density at radius 3 is 2.53 bits per heavy atom. The molecule has 1 rings (SSSR count). The molecule has 0 aromatic heterocycles. The highest BCUT2D eigenvalue weighted by Crippen LogP contribution is 2.20.